The lowest BCUT2D eigenvalue weighted by Crippen LogP contribution is -1.96. The summed E-state index contributed by atoms with van der Waals surface area (Å²) in [4.78, 5) is 0. The van der Waals surface area contributed by atoms with E-state index in [4.69, 9.17) is 9.66 Å². The second-order valence-corrected chi connectivity index (χ2v) is 3.90. The maximum Gasteiger partial charge on any atom is 0.261 e. The lowest BCUT2D eigenvalue weighted by Gasteiger charge is -1.98. The van der Waals surface area contributed by atoms with E-state index in [2.05, 4.69) is 6.92 Å². The van der Waals surface area contributed by atoms with Crippen LogP contribution in [0.2, 0.25) is 0 Å². The molecule has 0 aromatic heterocycles. The zero-order valence-corrected chi connectivity index (χ0v) is 7.93. The first-order chi connectivity index (χ1) is 4.81. The monoisotopic (exact) mass is 184 g/mol. The number of hydrogen-bond donors (Lipinski definition) is 2. The fourth-order valence-corrected chi connectivity index (χ4v) is 0.129. The molecule has 5 heteroatoms. The first-order valence-electron chi connectivity index (χ1n) is 3.34. The zero-order chi connectivity index (χ0) is 9.49. The van der Waals surface area contributed by atoms with Crippen LogP contribution in [-0.4, -0.2) is 30.9 Å². The molecule has 0 fully saturated rings. The van der Waals surface area contributed by atoms with Crippen molar-refractivity contribution in [3.05, 3.63) is 0 Å². The quantitative estimate of drug-likeness (QED) is 0.614. The van der Waals surface area contributed by atoms with Gasteiger partial charge in [0.15, 0.2) is 0 Å². The summed E-state index contributed by atoms with van der Waals surface area (Å²) in [6.07, 6.45) is 1.80. The lowest BCUT2D eigenvalue weighted by atomic mass is 10.1. The average Bonchev–Trinajstić information content (AvgIpc) is 1.83. The molecule has 0 rings (SSSR count). The summed E-state index contributed by atoms with van der Waals surface area (Å²) in [5.74, 6) is 0.491. The molecule has 2 N–H and O–H groups in total. The topological polar surface area (TPSA) is 74.6 Å². The summed E-state index contributed by atoms with van der Waals surface area (Å²) in [5.41, 5.74) is 0. The molecule has 0 saturated carbocycles. The van der Waals surface area contributed by atoms with Crippen LogP contribution >= 0.6 is 0 Å². The van der Waals surface area contributed by atoms with E-state index in [-0.39, 0.29) is 0 Å². The zero-order valence-electron chi connectivity index (χ0n) is 7.11. The third-order valence-electron chi connectivity index (χ3n) is 1.01. The second kappa shape index (κ2) is 6.57. The van der Waals surface area contributed by atoms with E-state index in [0.717, 1.165) is 6.42 Å². The van der Waals surface area contributed by atoms with Crippen LogP contribution in [0.5, 0.6) is 0 Å². The maximum absolute atomic E-state index is 9.19. The molecule has 0 aliphatic carbocycles. The third-order valence-corrected chi connectivity index (χ3v) is 1.01. The Morgan fingerprint density at radius 2 is 1.73 bits per heavy atom. The van der Waals surface area contributed by atoms with Crippen molar-refractivity contribution < 1.29 is 18.1 Å². The highest BCUT2D eigenvalue weighted by molar-refractivity contribution is 7.85. The van der Waals surface area contributed by atoms with E-state index in [9.17, 15) is 8.42 Å². The van der Waals surface area contributed by atoms with Crippen LogP contribution in [-0.2, 0) is 10.1 Å². The Balaban J connectivity index is 0. The van der Waals surface area contributed by atoms with Crippen LogP contribution < -0.4 is 0 Å². The molecule has 0 aromatic carbocycles. The molecule has 0 aliphatic rings. The van der Waals surface area contributed by atoms with Gasteiger partial charge in [-0.15, -0.1) is 0 Å². The Bertz CT molecular complexity index is 149. The van der Waals surface area contributed by atoms with Gasteiger partial charge in [0, 0.05) is 6.61 Å². The van der Waals surface area contributed by atoms with Gasteiger partial charge in [0.1, 0.15) is 0 Å². The molecule has 0 bridgehead atoms. The number of rotatable bonds is 2. The first kappa shape index (κ1) is 13.5. The number of hydrogen-bond acceptors (Lipinski definition) is 3. The van der Waals surface area contributed by atoms with Gasteiger partial charge in [0.25, 0.3) is 10.1 Å². The van der Waals surface area contributed by atoms with Crippen LogP contribution in [0.4, 0.5) is 0 Å². The van der Waals surface area contributed by atoms with Crippen LogP contribution in [0, 0.1) is 5.92 Å². The van der Waals surface area contributed by atoms with Gasteiger partial charge in [-0.1, -0.05) is 20.3 Å². The Kier molecular flexibility index (Phi) is 8.04. The van der Waals surface area contributed by atoms with E-state index >= 15 is 0 Å². The number of aliphatic hydroxyl groups is 1. The van der Waals surface area contributed by atoms with Crippen LogP contribution in [0.1, 0.15) is 20.3 Å². The molecule has 1 atom stereocenters. The van der Waals surface area contributed by atoms with E-state index in [1.165, 1.54) is 0 Å². The van der Waals surface area contributed by atoms with Crippen molar-refractivity contribution in [2.45, 2.75) is 20.3 Å². The van der Waals surface area contributed by atoms with Crippen molar-refractivity contribution in [1.82, 2.24) is 0 Å². The Hall–Kier alpha value is -0.130. The summed E-state index contributed by atoms with van der Waals surface area (Å²) < 4.78 is 25.9. The summed E-state index contributed by atoms with van der Waals surface area (Å²) in [7, 11) is -3.67. The van der Waals surface area contributed by atoms with E-state index in [0.29, 0.717) is 18.8 Å². The molecule has 11 heavy (non-hydrogen) atoms. The predicted molar refractivity (Wildman–Crippen MR) is 44.0 cm³/mol. The highest BCUT2D eigenvalue weighted by atomic mass is 32.2. The first-order valence-corrected chi connectivity index (χ1v) is 5.19. The van der Waals surface area contributed by atoms with Gasteiger partial charge in [0.05, 0.1) is 6.26 Å². The average molecular weight is 184 g/mol. The van der Waals surface area contributed by atoms with Crippen LogP contribution in [0.25, 0.3) is 0 Å². The fourth-order valence-electron chi connectivity index (χ4n) is 0.129. The predicted octanol–water partition coefficient (Wildman–Crippen LogP) is 0.529. The SMILES string of the molecule is CCC(C)CO.CS(=O)(=O)O. The van der Waals surface area contributed by atoms with E-state index in [1.807, 2.05) is 6.92 Å². The van der Waals surface area contributed by atoms with Gasteiger partial charge in [-0.3, -0.25) is 4.55 Å². The van der Waals surface area contributed by atoms with Gasteiger partial charge in [-0.25, -0.2) is 0 Å². The summed E-state index contributed by atoms with van der Waals surface area (Å²) >= 11 is 0. The van der Waals surface area contributed by atoms with Crippen LogP contribution in [0.3, 0.4) is 0 Å². The maximum atomic E-state index is 9.19. The minimum absolute atomic E-state index is 0.330. The minimum Gasteiger partial charge on any atom is -0.396 e. The van der Waals surface area contributed by atoms with Gasteiger partial charge < -0.3 is 5.11 Å². The molecular weight excluding hydrogens is 168 g/mol. The van der Waals surface area contributed by atoms with Gasteiger partial charge >= 0.3 is 0 Å². The highest BCUT2D eigenvalue weighted by Gasteiger charge is 1.90. The molecule has 0 heterocycles. The Morgan fingerprint density at radius 3 is 1.73 bits per heavy atom. The lowest BCUT2D eigenvalue weighted by molar-refractivity contribution is 0.234. The third kappa shape index (κ3) is 40.8. The van der Waals surface area contributed by atoms with E-state index in [1.54, 1.807) is 0 Å². The van der Waals surface area contributed by atoms with Crippen LogP contribution in [0.15, 0.2) is 0 Å². The van der Waals surface area contributed by atoms with Gasteiger partial charge in [0.2, 0.25) is 0 Å². The molecular formula is C6H16O4S. The minimum atomic E-state index is -3.67. The van der Waals surface area contributed by atoms with Crippen molar-refractivity contribution in [3.8, 4) is 0 Å². The summed E-state index contributed by atoms with van der Waals surface area (Å²) in [6.45, 7) is 4.43. The number of aliphatic hydroxyl groups excluding tert-OH is 1. The smallest absolute Gasteiger partial charge is 0.261 e. The van der Waals surface area contributed by atoms with Crippen molar-refractivity contribution in [2.75, 3.05) is 12.9 Å². The van der Waals surface area contributed by atoms with Crippen molar-refractivity contribution in [2.24, 2.45) is 5.92 Å². The highest BCUT2D eigenvalue weighted by Crippen LogP contribution is 1.95. The molecule has 0 spiro atoms. The molecule has 0 saturated heterocycles. The molecule has 0 aromatic rings. The molecule has 0 amide bonds. The molecule has 1 unspecified atom stereocenters. The molecule has 0 radical (unpaired) electrons. The Morgan fingerprint density at radius 1 is 1.45 bits per heavy atom. The molecule has 70 valence electrons. The fraction of sp³-hybridized carbons (Fsp3) is 1.00. The van der Waals surface area contributed by atoms with Crippen molar-refractivity contribution in [3.63, 3.8) is 0 Å². The van der Waals surface area contributed by atoms with Gasteiger partial charge in [-0.05, 0) is 5.92 Å². The summed E-state index contributed by atoms with van der Waals surface area (Å²) in [5, 5.41) is 8.33. The summed E-state index contributed by atoms with van der Waals surface area (Å²) in [6, 6.07) is 0. The molecule has 0 aliphatic heterocycles. The second-order valence-electron chi connectivity index (χ2n) is 2.43. The van der Waals surface area contributed by atoms with Crippen molar-refractivity contribution >= 4 is 10.1 Å². The standard InChI is InChI=1S/C5H12O.CH4O3S/c1-3-5(2)4-6;1-5(2,3)4/h5-6H,3-4H2,1-2H3;1H3,(H,2,3,4). The van der Waals surface area contributed by atoms with E-state index < -0.39 is 10.1 Å². The molecule has 4 nitrogen and oxygen atoms in total. The Labute approximate surface area is 68.0 Å². The van der Waals surface area contributed by atoms with Gasteiger partial charge in [-0.2, -0.15) is 8.42 Å². The van der Waals surface area contributed by atoms with Crippen molar-refractivity contribution in [1.29, 1.82) is 0 Å². The normalized spacial score (nSPS) is 13.2. The largest absolute Gasteiger partial charge is 0.396 e.